The highest BCUT2D eigenvalue weighted by Gasteiger charge is 2.14. The van der Waals surface area contributed by atoms with Crippen LogP contribution in [0.5, 0.6) is 0 Å². The lowest BCUT2D eigenvalue weighted by molar-refractivity contribution is 0.0976. The van der Waals surface area contributed by atoms with E-state index in [1.807, 2.05) is 37.4 Å². The maximum Gasteiger partial charge on any atom is 0.183 e. The van der Waals surface area contributed by atoms with Crippen LogP contribution in [0, 0.1) is 0 Å². The van der Waals surface area contributed by atoms with Crippen LogP contribution in [0.1, 0.15) is 29.8 Å². The molecular formula is C14H16N2O. The van der Waals surface area contributed by atoms with E-state index in [1.54, 1.807) is 4.68 Å². The monoisotopic (exact) mass is 228 g/mol. The van der Waals surface area contributed by atoms with E-state index in [-0.39, 0.29) is 5.78 Å². The fourth-order valence-electron chi connectivity index (χ4n) is 1.95. The summed E-state index contributed by atoms with van der Waals surface area (Å²) in [7, 11) is 1.86. The standard InChI is InChI=1S/C14H16N2O/c1-3-4-5-10-13(17)14-11-8-6-7-9-12(11)16(2)15-14/h3,6-9H,1,4-5,10H2,2H3. The zero-order chi connectivity index (χ0) is 12.3. The molecule has 1 aromatic heterocycles. The summed E-state index contributed by atoms with van der Waals surface area (Å²) in [4.78, 5) is 12.0. The lowest BCUT2D eigenvalue weighted by Crippen LogP contribution is -2.01. The minimum absolute atomic E-state index is 0.114. The van der Waals surface area contributed by atoms with Crippen molar-refractivity contribution in [3.05, 3.63) is 42.6 Å². The molecule has 1 heterocycles. The van der Waals surface area contributed by atoms with Crippen LogP contribution < -0.4 is 0 Å². The van der Waals surface area contributed by atoms with Gasteiger partial charge in [-0.1, -0.05) is 24.3 Å². The number of hydrogen-bond donors (Lipinski definition) is 0. The molecule has 2 rings (SSSR count). The highest BCUT2D eigenvalue weighted by Crippen LogP contribution is 2.19. The number of nitrogens with zero attached hydrogens (tertiary/aromatic N) is 2. The van der Waals surface area contributed by atoms with Gasteiger partial charge in [0.15, 0.2) is 5.78 Å². The van der Waals surface area contributed by atoms with E-state index in [1.165, 1.54) is 0 Å². The van der Waals surface area contributed by atoms with Gasteiger partial charge in [-0.2, -0.15) is 5.10 Å². The van der Waals surface area contributed by atoms with Crippen LogP contribution in [0.2, 0.25) is 0 Å². The Hall–Kier alpha value is -1.90. The van der Waals surface area contributed by atoms with Gasteiger partial charge in [-0.05, 0) is 18.9 Å². The van der Waals surface area contributed by atoms with Crippen LogP contribution in [0.3, 0.4) is 0 Å². The number of carbonyl (C=O) groups is 1. The SMILES string of the molecule is C=CCCCC(=O)c1nn(C)c2ccccc12. The van der Waals surface area contributed by atoms with Crippen molar-refractivity contribution in [3.8, 4) is 0 Å². The highest BCUT2D eigenvalue weighted by atomic mass is 16.1. The topological polar surface area (TPSA) is 34.9 Å². The normalized spacial score (nSPS) is 10.6. The number of ketones is 1. The average molecular weight is 228 g/mol. The first-order valence-corrected chi connectivity index (χ1v) is 5.80. The summed E-state index contributed by atoms with van der Waals surface area (Å²) in [6.07, 6.45) is 4.08. The number of fused-ring (bicyclic) bond motifs is 1. The van der Waals surface area contributed by atoms with E-state index < -0.39 is 0 Å². The first kappa shape index (κ1) is 11.6. The molecule has 0 aliphatic rings. The Labute approximate surface area is 101 Å². The maximum atomic E-state index is 12.0. The number of aromatic nitrogens is 2. The van der Waals surface area contributed by atoms with Crippen LogP contribution in [0.4, 0.5) is 0 Å². The third kappa shape index (κ3) is 2.28. The minimum Gasteiger partial charge on any atom is -0.292 e. The Morgan fingerprint density at radius 2 is 2.24 bits per heavy atom. The summed E-state index contributed by atoms with van der Waals surface area (Å²) in [5, 5.41) is 5.25. The smallest absolute Gasteiger partial charge is 0.183 e. The average Bonchev–Trinajstić information content (AvgIpc) is 2.68. The molecule has 0 fully saturated rings. The molecule has 0 saturated carbocycles. The van der Waals surface area contributed by atoms with Gasteiger partial charge in [-0.25, -0.2) is 0 Å². The molecule has 0 aliphatic heterocycles. The number of hydrogen-bond acceptors (Lipinski definition) is 2. The fraction of sp³-hybridized carbons (Fsp3) is 0.286. The number of aryl methyl sites for hydroxylation is 1. The van der Waals surface area contributed by atoms with Crippen LogP contribution in [-0.4, -0.2) is 15.6 Å². The molecule has 0 radical (unpaired) electrons. The second-order valence-electron chi connectivity index (χ2n) is 4.09. The largest absolute Gasteiger partial charge is 0.292 e. The van der Waals surface area contributed by atoms with Gasteiger partial charge in [0.1, 0.15) is 5.69 Å². The quantitative estimate of drug-likeness (QED) is 0.447. The van der Waals surface area contributed by atoms with E-state index in [0.717, 1.165) is 23.7 Å². The number of rotatable bonds is 5. The number of benzene rings is 1. The molecule has 0 bridgehead atoms. The van der Waals surface area contributed by atoms with E-state index in [9.17, 15) is 4.79 Å². The summed E-state index contributed by atoms with van der Waals surface area (Å²) in [6.45, 7) is 3.65. The Kier molecular flexibility index (Phi) is 3.38. The van der Waals surface area contributed by atoms with Gasteiger partial charge in [0.2, 0.25) is 0 Å². The van der Waals surface area contributed by atoms with Crippen LogP contribution in [0.15, 0.2) is 36.9 Å². The lowest BCUT2D eigenvalue weighted by Gasteiger charge is -1.96. The second-order valence-corrected chi connectivity index (χ2v) is 4.09. The molecule has 3 nitrogen and oxygen atoms in total. The molecule has 0 unspecified atom stereocenters. The Bertz CT molecular complexity index is 554. The van der Waals surface area contributed by atoms with Crippen molar-refractivity contribution in [3.63, 3.8) is 0 Å². The zero-order valence-electron chi connectivity index (χ0n) is 10.0. The number of unbranched alkanes of at least 4 members (excludes halogenated alkanes) is 1. The van der Waals surface area contributed by atoms with Crippen LogP contribution >= 0.6 is 0 Å². The number of Topliss-reactive ketones (excluding diaryl/α,β-unsaturated/α-hetero) is 1. The molecule has 17 heavy (non-hydrogen) atoms. The molecule has 0 aliphatic carbocycles. The lowest BCUT2D eigenvalue weighted by atomic mass is 10.1. The second kappa shape index (κ2) is 4.95. The Balaban J connectivity index is 2.29. The van der Waals surface area contributed by atoms with E-state index >= 15 is 0 Å². The summed E-state index contributed by atoms with van der Waals surface area (Å²) in [6, 6.07) is 7.81. The van der Waals surface area contributed by atoms with Gasteiger partial charge < -0.3 is 0 Å². The molecular weight excluding hydrogens is 212 g/mol. The van der Waals surface area contributed by atoms with Crippen molar-refractivity contribution in [1.29, 1.82) is 0 Å². The van der Waals surface area contributed by atoms with Crippen molar-refractivity contribution in [2.45, 2.75) is 19.3 Å². The highest BCUT2D eigenvalue weighted by molar-refractivity contribution is 6.05. The van der Waals surface area contributed by atoms with Gasteiger partial charge in [-0.3, -0.25) is 9.48 Å². The summed E-state index contributed by atoms with van der Waals surface area (Å²) < 4.78 is 1.76. The molecule has 0 N–H and O–H groups in total. The minimum atomic E-state index is 0.114. The molecule has 2 aromatic rings. The molecule has 0 saturated heterocycles. The molecule has 88 valence electrons. The number of carbonyl (C=O) groups excluding carboxylic acids is 1. The van der Waals surface area contributed by atoms with Gasteiger partial charge in [-0.15, -0.1) is 6.58 Å². The van der Waals surface area contributed by atoms with E-state index in [0.29, 0.717) is 12.1 Å². The molecule has 1 aromatic carbocycles. The summed E-state index contributed by atoms with van der Waals surface area (Å²) >= 11 is 0. The van der Waals surface area contributed by atoms with Crippen molar-refractivity contribution >= 4 is 16.7 Å². The third-order valence-electron chi connectivity index (χ3n) is 2.83. The van der Waals surface area contributed by atoms with Gasteiger partial charge >= 0.3 is 0 Å². The zero-order valence-corrected chi connectivity index (χ0v) is 10.0. The molecule has 0 amide bonds. The first-order chi connectivity index (χ1) is 8.24. The first-order valence-electron chi connectivity index (χ1n) is 5.80. The van der Waals surface area contributed by atoms with Crippen LogP contribution in [0.25, 0.3) is 10.9 Å². The molecule has 3 heteroatoms. The summed E-state index contributed by atoms with van der Waals surface area (Å²) in [5.74, 6) is 0.114. The number of para-hydroxylation sites is 1. The predicted octanol–water partition coefficient (Wildman–Crippen LogP) is 3.11. The number of allylic oxidation sites excluding steroid dienone is 1. The maximum absolute atomic E-state index is 12.0. The fourth-order valence-corrected chi connectivity index (χ4v) is 1.95. The van der Waals surface area contributed by atoms with E-state index in [2.05, 4.69) is 11.7 Å². The van der Waals surface area contributed by atoms with Gasteiger partial charge in [0.25, 0.3) is 0 Å². The van der Waals surface area contributed by atoms with Gasteiger partial charge in [0.05, 0.1) is 5.52 Å². The predicted molar refractivity (Wildman–Crippen MR) is 69.1 cm³/mol. The van der Waals surface area contributed by atoms with Gasteiger partial charge in [0, 0.05) is 18.9 Å². The van der Waals surface area contributed by atoms with Crippen molar-refractivity contribution in [2.24, 2.45) is 7.05 Å². The Morgan fingerprint density at radius 1 is 1.47 bits per heavy atom. The van der Waals surface area contributed by atoms with Crippen molar-refractivity contribution < 1.29 is 4.79 Å². The molecule has 0 atom stereocenters. The summed E-state index contributed by atoms with van der Waals surface area (Å²) in [5.41, 5.74) is 1.59. The van der Waals surface area contributed by atoms with E-state index in [4.69, 9.17) is 0 Å². The molecule has 0 spiro atoms. The van der Waals surface area contributed by atoms with Crippen molar-refractivity contribution in [1.82, 2.24) is 9.78 Å². The Morgan fingerprint density at radius 3 is 3.00 bits per heavy atom. The van der Waals surface area contributed by atoms with Crippen molar-refractivity contribution in [2.75, 3.05) is 0 Å². The third-order valence-corrected chi connectivity index (χ3v) is 2.83. The van der Waals surface area contributed by atoms with Crippen LogP contribution in [-0.2, 0) is 7.05 Å².